The van der Waals surface area contributed by atoms with Crippen molar-refractivity contribution in [3.05, 3.63) is 88.5 Å². The molecule has 0 atom stereocenters. The maximum Gasteiger partial charge on any atom is 0.216 e. The average molecular weight is 451 g/mol. The second kappa shape index (κ2) is 8.15. The molecule has 3 heteroatoms. The number of pyridine rings is 1. The van der Waals surface area contributed by atoms with Crippen molar-refractivity contribution in [1.29, 1.82) is 5.26 Å². The highest BCUT2D eigenvalue weighted by atomic mass is 16.3. The fraction of sp³-hybridized carbons (Fsp3) is 0.226. The zero-order chi connectivity index (χ0) is 28.5. The molecule has 2 heterocycles. The first kappa shape index (κ1) is 16.7. The Bertz CT molecular complexity index is 1870. The molecule has 0 spiro atoms. The third-order valence-corrected chi connectivity index (χ3v) is 6.85. The number of nitriles is 1. The molecular weight excluding hydrogens is 416 g/mol. The summed E-state index contributed by atoms with van der Waals surface area (Å²) in [5.41, 5.74) is 7.55. The normalized spacial score (nSPS) is 13.5. The highest BCUT2D eigenvalue weighted by Crippen LogP contribution is 2.43. The van der Waals surface area contributed by atoms with E-state index < -0.39 is 18.1 Å². The molecule has 0 N–H and O–H groups in total. The lowest BCUT2D eigenvalue weighted by Gasteiger charge is -2.11. The Morgan fingerprint density at radius 1 is 0.941 bits per heavy atom. The van der Waals surface area contributed by atoms with Crippen LogP contribution in [0.15, 0.2) is 65.0 Å². The Kier molecular flexibility index (Phi) is 4.00. The number of benzene rings is 3. The van der Waals surface area contributed by atoms with Crippen molar-refractivity contribution < 1.29 is 15.8 Å². The van der Waals surface area contributed by atoms with Gasteiger partial charge in [0.15, 0.2) is 5.69 Å². The summed E-state index contributed by atoms with van der Waals surface area (Å²) >= 11 is 0. The van der Waals surface area contributed by atoms with Gasteiger partial charge in [0.25, 0.3) is 0 Å². The molecule has 0 aliphatic carbocycles. The highest BCUT2D eigenvalue weighted by molar-refractivity contribution is 6.14. The number of fused-ring (bicyclic) bond motifs is 3. The number of furan rings is 1. The van der Waals surface area contributed by atoms with E-state index in [2.05, 4.69) is 43.5 Å². The number of hydrogen-bond acceptors (Lipinski definition) is 2. The smallest absolute Gasteiger partial charge is 0.216 e. The maximum absolute atomic E-state index is 9.98. The summed E-state index contributed by atoms with van der Waals surface area (Å²) in [6.45, 7) is 10.2. The van der Waals surface area contributed by atoms with E-state index in [9.17, 15) is 5.26 Å². The van der Waals surface area contributed by atoms with E-state index in [4.69, 9.17) is 11.3 Å². The van der Waals surface area contributed by atoms with Gasteiger partial charge in [0.05, 0.1) is 24.0 Å². The van der Waals surface area contributed by atoms with Gasteiger partial charge in [-0.3, -0.25) is 0 Å². The lowest BCUT2D eigenvalue weighted by Crippen LogP contribution is -2.36. The van der Waals surface area contributed by atoms with Crippen molar-refractivity contribution in [2.24, 2.45) is 7.05 Å². The van der Waals surface area contributed by atoms with Gasteiger partial charge in [0, 0.05) is 34.9 Å². The van der Waals surface area contributed by atoms with E-state index in [0.29, 0.717) is 39.2 Å². The van der Waals surface area contributed by atoms with Crippen LogP contribution in [0.2, 0.25) is 0 Å². The largest absolute Gasteiger partial charge is 0.454 e. The van der Waals surface area contributed by atoms with Crippen molar-refractivity contribution in [3.8, 4) is 28.5 Å². The van der Waals surface area contributed by atoms with E-state index in [1.807, 2.05) is 26.1 Å². The van der Waals surface area contributed by atoms with Gasteiger partial charge in [0.2, 0.25) is 5.69 Å². The Balaban J connectivity index is 1.96. The summed E-state index contributed by atoms with van der Waals surface area (Å²) in [5.74, 6) is 0.375. The molecule has 168 valence electrons. The van der Waals surface area contributed by atoms with Gasteiger partial charge >= 0.3 is 0 Å². The lowest BCUT2D eigenvalue weighted by molar-refractivity contribution is -0.667. The quantitative estimate of drug-likeness (QED) is 0.265. The maximum atomic E-state index is 9.98. The number of rotatable bonds is 3. The summed E-state index contributed by atoms with van der Waals surface area (Å²) in [5, 5.41) is 11.4. The van der Waals surface area contributed by atoms with Gasteiger partial charge < -0.3 is 4.42 Å². The van der Waals surface area contributed by atoms with Crippen LogP contribution in [0.1, 0.15) is 54.6 Å². The molecule has 0 bridgehead atoms. The zero-order valence-electron chi connectivity index (χ0n) is 25.3. The van der Waals surface area contributed by atoms with Crippen LogP contribution in [-0.4, -0.2) is 0 Å². The predicted molar refractivity (Wildman–Crippen MR) is 139 cm³/mol. The standard InChI is InChI=1S/C31H29N2O/c1-18(2)24-14-15-27(33(6)21(24)5)28-19(3)12-13-25-26-16-23(17-32)20(4)29(31(26)34-30(25)28)22-10-8-7-9-11-22/h7-16,18H,1-6H3/q+1/i7D,8D,9D,10D,11D. The van der Waals surface area contributed by atoms with Crippen LogP contribution in [0.4, 0.5) is 0 Å². The van der Waals surface area contributed by atoms with Crippen LogP contribution in [0, 0.1) is 32.1 Å². The molecule has 3 aromatic carbocycles. The Hall–Kier alpha value is -3.90. The number of aryl methyl sites for hydroxylation is 1. The van der Waals surface area contributed by atoms with Crippen molar-refractivity contribution in [2.45, 2.75) is 40.5 Å². The van der Waals surface area contributed by atoms with E-state index in [1.165, 1.54) is 5.56 Å². The predicted octanol–water partition coefficient (Wildman–Crippen LogP) is 7.66. The van der Waals surface area contributed by atoms with Gasteiger partial charge in [-0.1, -0.05) is 56.2 Å². The molecule has 0 radical (unpaired) electrons. The monoisotopic (exact) mass is 450 g/mol. The minimum absolute atomic E-state index is 0.0283. The molecule has 0 amide bonds. The third kappa shape index (κ3) is 3.22. The zero-order valence-corrected chi connectivity index (χ0v) is 20.3. The number of nitrogens with zero attached hydrogens (tertiary/aromatic N) is 2. The second-order valence-corrected chi connectivity index (χ2v) is 9.12. The third-order valence-electron chi connectivity index (χ3n) is 6.85. The van der Waals surface area contributed by atoms with Gasteiger partial charge in [0.1, 0.15) is 18.2 Å². The molecule has 34 heavy (non-hydrogen) atoms. The van der Waals surface area contributed by atoms with Crippen molar-refractivity contribution >= 4 is 21.9 Å². The molecule has 5 aromatic rings. The lowest BCUT2D eigenvalue weighted by atomic mass is 9.93. The molecule has 0 aliphatic heterocycles. The molecule has 3 nitrogen and oxygen atoms in total. The molecule has 0 unspecified atom stereocenters. The minimum atomic E-state index is -0.464. The van der Waals surface area contributed by atoms with E-state index >= 15 is 0 Å². The molecular formula is C31H29N2O+. The molecule has 0 fully saturated rings. The van der Waals surface area contributed by atoms with E-state index in [-0.39, 0.29) is 17.6 Å². The van der Waals surface area contributed by atoms with Crippen molar-refractivity contribution in [3.63, 3.8) is 0 Å². The summed E-state index contributed by atoms with van der Waals surface area (Å²) < 4.78 is 50.5. The van der Waals surface area contributed by atoms with Crippen LogP contribution in [0.3, 0.4) is 0 Å². The van der Waals surface area contributed by atoms with Gasteiger partial charge in [-0.05, 0) is 48.6 Å². The summed E-state index contributed by atoms with van der Waals surface area (Å²) in [7, 11) is 2.04. The molecule has 0 saturated carbocycles. The molecule has 5 rings (SSSR count). The fourth-order valence-corrected chi connectivity index (χ4v) is 4.91. The second-order valence-electron chi connectivity index (χ2n) is 9.12. The summed E-state index contributed by atoms with van der Waals surface area (Å²) in [6, 6.07) is 10.2. The first-order valence-corrected chi connectivity index (χ1v) is 11.4. The SMILES string of the molecule is [2H]c1c([2H])c([2H])c(-c2c(C)c(C#N)cc3c2oc2c(-c4ccc(C(C)C)c(C)[n+]4C)c(C)ccc23)c([2H])c1[2H]. The fourth-order valence-electron chi connectivity index (χ4n) is 4.91. The molecule has 0 aliphatic rings. The average Bonchev–Trinajstić information content (AvgIpc) is 3.27. The molecule has 0 saturated heterocycles. The number of aromatic nitrogens is 1. The Morgan fingerprint density at radius 3 is 2.32 bits per heavy atom. The van der Waals surface area contributed by atoms with Crippen LogP contribution in [0.5, 0.6) is 0 Å². The van der Waals surface area contributed by atoms with E-state index in [1.54, 1.807) is 13.0 Å². The first-order valence-electron chi connectivity index (χ1n) is 13.9. The van der Waals surface area contributed by atoms with Crippen LogP contribution >= 0.6 is 0 Å². The first-order chi connectivity index (χ1) is 18.4. The van der Waals surface area contributed by atoms with Crippen molar-refractivity contribution in [1.82, 2.24) is 0 Å². The van der Waals surface area contributed by atoms with Crippen LogP contribution < -0.4 is 4.57 Å². The summed E-state index contributed by atoms with van der Waals surface area (Å²) in [6.07, 6.45) is 0. The minimum Gasteiger partial charge on any atom is -0.454 e. The van der Waals surface area contributed by atoms with Gasteiger partial charge in [-0.25, -0.2) is 0 Å². The topological polar surface area (TPSA) is 40.8 Å². The summed E-state index contributed by atoms with van der Waals surface area (Å²) in [4.78, 5) is 0. The van der Waals surface area contributed by atoms with Crippen LogP contribution in [-0.2, 0) is 7.05 Å². The molecule has 2 aromatic heterocycles. The number of hydrogen-bond donors (Lipinski definition) is 0. The van der Waals surface area contributed by atoms with Gasteiger partial charge in [-0.15, -0.1) is 0 Å². The Labute approximate surface area is 207 Å². The van der Waals surface area contributed by atoms with Gasteiger partial charge in [-0.2, -0.15) is 9.83 Å². The Morgan fingerprint density at radius 2 is 1.65 bits per heavy atom. The highest BCUT2D eigenvalue weighted by Gasteiger charge is 2.25. The van der Waals surface area contributed by atoms with Crippen LogP contribution in [0.25, 0.3) is 44.3 Å². The van der Waals surface area contributed by atoms with Crippen molar-refractivity contribution in [2.75, 3.05) is 0 Å². The van der Waals surface area contributed by atoms with E-state index in [0.717, 1.165) is 27.9 Å².